The fraction of sp³-hybridized carbons (Fsp3) is 0.368. The lowest BCUT2D eigenvalue weighted by Crippen LogP contribution is -2.46. The molecule has 0 bridgehead atoms. The van der Waals surface area contributed by atoms with Gasteiger partial charge in [0, 0.05) is 15.8 Å². The van der Waals surface area contributed by atoms with Gasteiger partial charge in [0.25, 0.3) is 11.9 Å². The number of amides is 1. The molecule has 0 spiro atoms. The second-order valence-electron chi connectivity index (χ2n) is 7.02. The van der Waals surface area contributed by atoms with Crippen molar-refractivity contribution in [1.29, 1.82) is 0 Å². The summed E-state index contributed by atoms with van der Waals surface area (Å²) in [5, 5.41) is 0.382. The minimum absolute atomic E-state index is 0.238. The van der Waals surface area contributed by atoms with Crippen LogP contribution in [0.1, 0.15) is 20.8 Å². The van der Waals surface area contributed by atoms with Crippen LogP contribution in [0, 0.1) is 5.82 Å². The number of hydrogen-bond donors (Lipinski definition) is 0. The molecule has 0 fully saturated rings. The van der Waals surface area contributed by atoms with E-state index in [-0.39, 0.29) is 5.56 Å². The minimum Gasteiger partial charge on any atom is -0.484 e. The van der Waals surface area contributed by atoms with E-state index in [1.165, 1.54) is 34.9 Å². The molecular formula is C19H21ClFN2O4+. The number of benzene rings is 1. The van der Waals surface area contributed by atoms with Crippen molar-refractivity contribution >= 4 is 23.4 Å². The number of nitrogens with zero attached hydrogens (tertiary/aromatic N) is 2. The van der Waals surface area contributed by atoms with E-state index in [1.807, 2.05) is 0 Å². The van der Waals surface area contributed by atoms with Crippen LogP contribution in [0.2, 0.25) is 5.02 Å². The first kappa shape index (κ1) is 19.2. The van der Waals surface area contributed by atoms with E-state index in [0.29, 0.717) is 35.3 Å². The van der Waals surface area contributed by atoms with Crippen molar-refractivity contribution in [3.8, 4) is 17.0 Å². The summed E-state index contributed by atoms with van der Waals surface area (Å²) >= 11 is 6.03. The first-order valence-corrected chi connectivity index (χ1v) is 8.80. The van der Waals surface area contributed by atoms with Crippen LogP contribution in [0.5, 0.6) is 5.75 Å². The number of halogens is 2. The summed E-state index contributed by atoms with van der Waals surface area (Å²) < 4.78 is 26.9. The number of pyridine rings is 1. The van der Waals surface area contributed by atoms with Gasteiger partial charge >= 0.3 is 6.09 Å². The molecule has 0 radical (unpaired) electrons. The SMILES string of the molecule is CO[n+]1cc2c(cc1-c1cc(Cl)ccc1F)N(C(=O)OC(C)(C)C)CCO2. The fourth-order valence-corrected chi connectivity index (χ4v) is 2.92. The third kappa shape index (κ3) is 4.08. The first-order valence-electron chi connectivity index (χ1n) is 8.42. The zero-order chi connectivity index (χ0) is 19.8. The van der Waals surface area contributed by atoms with Crippen LogP contribution in [-0.2, 0) is 4.74 Å². The van der Waals surface area contributed by atoms with Crippen LogP contribution >= 0.6 is 11.6 Å². The summed E-state index contributed by atoms with van der Waals surface area (Å²) in [6.07, 6.45) is 1.06. The highest BCUT2D eigenvalue weighted by molar-refractivity contribution is 6.30. The second-order valence-corrected chi connectivity index (χ2v) is 7.46. The number of carbonyl (C=O) groups is 1. The monoisotopic (exact) mass is 395 g/mol. The molecule has 0 N–H and O–H groups in total. The zero-order valence-electron chi connectivity index (χ0n) is 15.6. The topological polar surface area (TPSA) is 51.9 Å². The quantitative estimate of drug-likeness (QED) is 0.729. The van der Waals surface area contributed by atoms with E-state index in [4.69, 9.17) is 25.9 Å². The number of hydrogen-bond acceptors (Lipinski definition) is 4. The molecule has 6 nitrogen and oxygen atoms in total. The van der Waals surface area contributed by atoms with Crippen molar-refractivity contribution in [2.45, 2.75) is 26.4 Å². The average molecular weight is 396 g/mol. The Morgan fingerprint density at radius 3 is 2.74 bits per heavy atom. The summed E-state index contributed by atoms with van der Waals surface area (Å²) in [5.41, 5.74) is 0.453. The Hall–Kier alpha value is -2.54. The maximum atomic E-state index is 14.4. The third-order valence-electron chi connectivity index (χ3n) is 3.88. The highest BCUT2D eigenvalue weighted by Gasteiger charge is 2.33. The molecule has 2 heterocycles. The van der Waals surface area contributed by atoms with Gasteiger partial charge in [-0.05, 0) is 39.0 Å². The van der Waals surface area contributed by atoms with Crippen LogP contribution in [0.15, 0.2) is 30.5 Å². The number of fused-ring (bicyclic) bond motifs is 1. The lowest BCUT2D eigenvalue weighted by Gasteiger charge is -2.30. The maximum Gasteiger partial charge on any atom is 0.415 e. The average Bonchev–Trinajstić information content (AvgIpc) is 2.60. The van der Waals surface area contributed by atoms with Crippen LogP contribution in [0.25, 0.3) is 11.3 Å². The Morgan fingerprint density at radius 2 is 2.07 bits per heavy atom. The molecule has 1 amide bonds. The Balaban J connectivity index is 2.11. The van der Waals surface area contributed by atoms with Gasteiger partial charge in [0.1, 0.15) is 30.8 Å². The zero-order valence-corrected chi connectivity index (χ0v) is 16.3. The van der Waals surface area contributed by atoms with Gasteiger partial charge in [-0.1, -0.05) is 11.6 Å². The second kappa shape index (κ2) is 7.23. The van der Waals surface area contributed by atoms with E-state index in [2.05, 4.69) is 0 Å². The van der Waals surface area contributed by atoms with E-state index < -0.39 is 17.5 Å². The summed E-state index contributed by atoms with van der Waals surface area (Å²) in [5.74, 6) is -0.0363. The molecule has 1 aliphatic heterocycles. The van der Waals surface area contributed by atoms with Gasteiger partial charge in [0.2, 0.25) is 5.75 Å². The van der Waals surface area contributed by atoms with Crippen LogP contribution < -0.4 is 19.2 Å². The molecule has 0 unspecified atom stereocenters. The van der Waals surface area contributed by atoms with Crippen LogP contribution in [0.3, 0.4) is 0 Å². The number of ether oxygens (including phenoxy) is 2. The maximum absolute atomic E-state index is 14.4. The molecular weight excluding hydrogens is 375 g/mol. The van der Waals surface area contributed by atoms with E-state index in [9.17, 15) is 9.18 Å². The minimum atomic E-state index is -0.640. The van der Waals surface area contributed by atoms with Crippen LogP contribution in [0.4, 0.5) is 14.9 Å². The predicted molar refractivity (Wildman–Crippen MR) is 98.6 cm³/mol. The van der Waals surface area contributed by atoms with Gasteiger partial charge in [0.15, 0.2) is 0 Å². The molecule has 1 aromatic heterocycles. The van der Waals surface area contributed by atoms with E-state index in [1.54, 1.807) is 33.0 Å². The molecule has 1 aromatic carbocycles. The highest BCUT2D eigenvalue weighted by atomic mass is 35.5. The molecule has 0 atom stereocenters. The van der Waals surface area contributed by atoms with Gasteiger partial charge in [-0.3, -0.25) is 9.74 Å². The Morgan fingerprint density at radius 1 is 1.33 bits per heavy atom. The van der Waals surface area contributed by atoms with Crippen molar-refractivity contribution in [2.75, 3.05) is 25.2 Å². The van der Waals surface area contributed by atoms with Gasteiger partial charge in [-0.2, -0.15) is 0 Å². The first-order chi connectivity index (χ1) is 12.7. The molecule has 144 valence electrons. The third-order valence-corrected chi connectivity index (χ3v) is 4.11. The summed E-state index contributed by atoms with van der Waals surface area (Å²) in [6.45, 7) is 6.01. The highest BCUT2D eigenvalue weighted by Crippen LogP contribution is 2.35. The normalized spacial score (nSPS) is 13.6. The summed E-state index contributed by atoms with van der Waals surface area (Å²) in [7, 11) is 1.45. The largest absolute Gasteiger partial charge is 0.484 e. The van der Waals surface area contributed by atoms with Crippen LogP contribution in [-0.4, -0.2) is 32.0 Å². The van der Waals surface area contributed by atoms with Gasteiger partial charge in [0.05, 0.1) is 12.1 Å². The number of rotatable bonds is 2. The molecule has 1 aliphatic rings. The smallest absolute Gasteiger partial charge is 0.415 e. The van der Waals surface area contributed by atoms with Gasteiger partial charge < -0.3 is 9.47 Å². The number of carbonyl (C=O) groups excluding carboxylic acids is 1. The lowest BCUT2D eigenvalue weighted by molar-refractivity contribution is -0.877. The molecule has 3 rings (SSSR count). The summed E-state index contributed by atoms with van der Waals surface area (Å²) in [4.78, 5) is 19.4. The molecule has 0 saturated heterocycles. The summed E-state index contributed by atoms with van der Waals surface area (Å²) in [6, 6.07) is 5.86. The standard InChI is InChI=1S/C19H21ClFN2O4/c1-19(2,3)27-18(24)22-7-8-26-17-11-23(25-4)15(10-16(17)22)13-9-12(20)5-6-14(13)21/h5-6,9-11H,7-8H2,1-4H3/q+1. The molecule has 2 aromatic rings. The van der Waals surface area contributed by atoms with Crippen molar-refractivity contribution in [3.63, 3.8) is 0 Å². The van der Waals surface area contributed by atoms with Crippen molar-refractivity contribution in [2.24, 2.45) is 0 Å². The number of anilines is 1. The van der Waals surface area contributed by atoms with E-state index >= 15 is 0 Å². The lowest BCUT2D eigenvalue weighted by atomic mass is 10.1. The van der Waals surface area contributed by atoms with E-state index in [0.717, 1.165) is 0 Å². The fourth-order valence-electron chi connectivity index (χ4n) is 2.74. The van der Waals surface area contributed by atoms with Crippen molar-refractivity contribution < 1.29 is 28.2 Å². The van der Waals surface area contributed by atoms with Crippen molar-refractivity contribution in [1.82, 2.24) is 0 Å². The Kier molecular flexibility index (Phi) is 5.15. The van der Waals surface area contributed by atoms with Gasteiger partial charge in [-0.25, -0.2) is 9.18 Å². The van der Waals surface area contributed by atoms with Gasteiger partial charge in [-0.15, -0.1) is 0 Å². The molecule has 8 heteroatoms. The molecule has 0 aliphatic carbocycles. The molecule has 0 saturated carbocycles. The number of aromatic nitrogens is 1. The predicted octanol–water partition coefficient (Wildman–Crippen LogP) is 3.63. The molecule has 27 heavy (non-hydrogen) atoms. The Bertz CT molecular complexity index is 883. The van der Waals surface area contributed by atoms with Crippen molar-refractivity contribution in [3.05, 3.63) is 41.3 Å². The Labute approximate surface area is 162 Å².